The second-order valence-electron chi connectivity index (χ2n) is 3.33. The van der Waals surface area contributed by atoms with Gasteiger partial charge in [-0.1, -0.05) is 52.7 Å². The maximum atomic E-state index is 9.72. The second-order valence-corrected chi connectivity index (χ2v) is 3.33. The number of hydrogen-bond acceptors (Lipinski definition) is 1. The summed E-state index contributed by atoms with van der Waals surface area (Å²) in [5.41, 5.74) is 0. The van der Waals surface area contributed by atoms with E-state index in [2.05, 4.69) is 26.7 Å². The van der Waals surface area contributed by atoms with Gasteiger partial charge >= 0.3 is 0 Å². The summed E-state index contributed by atoms with van der Waals surface area (Å²) in [5, 5.41) is 9.72. The molecule has 0 aliphatic heterocycles. The molecule has 0 aromatic rings. The Bertz CT molecular complexity index is 147. The molecule has 96 valence electrons. The fraction of sp³-hybridized carbons (Fsp3) is 0.733. The maximum absolute atomic E-state index is 9.72. The van der Waals surface area contributed by atoms with Gasteiger partial charge in [0.2, 0.25) is 0 Å². The van der Waals surface area contributed by atoms with Crippen LogP contribution < -0.4 is 0 Å². The first-order valence-electron chi connectivity index (χ1n) is 6.38. The molecule has 1 nitrogen and oxygen atoms in total. The maximum Gasteiger partial charge on any atom is 0.0602 e. The Morgan fingerprint density at radius 1 is 1.19 bits per heavy atom. The highest BCUT2D eigenvalue weighted by Crippen LogP contribution is 2.18. The molecule has 1 unspecified atom stereocenters. The van der Waals surface area contributed by atoms with Gasteiger partial charge in [-0.05, 0) is 25.7 Å². The number of aliphatic hydroxyl groups is 1. The monoisotopic (exact) mass is 226 g/mol. The minimum absolute atomic E-state index is 0.133. The van der Waals surface area contributed by atoms with Crippen LogP contribution in [0.1, 0.15) is 60.3 Å². The van der Waals surface area contributed by atoms with Gasteiger partial charge in [-0.25, -0.2) is 0 Å². The first kappa shape index (κ1) is 20.6. The van der Waals surface area contributed by atoms with Crippen LogP contribution in [-0.4, -0.2) is 11.2 Å². The van der Waals surface area contributed by atoms with Crippen LogP contribution in [0.25, 0.3) is 0 Å². The summed E-state index contributed by atoms with van der Waals surface area (Å²) in [7, 11) is 0. The first-order valence-corrected chi connectivity index (χ1v) is 6.38. The van der Waals surface area contributed by atoms with Crippen molar-refractivity contribution in [1.82, 2.24) is 0 Å². The van der Waals surface area contributed by atoms with Crippen LogP contribution in [0.2, 0.25) is 0 Å². The molecule has 1 heteroatoms. The van der Waals surface area contributed by atoms with E-state index in [0.717, 1.165) is 19.3 Å². The lowest BCUT2D eigenvalue weighted by Crippen LogP contribution is -2.18. The average Bonchev–Trinajstić information content (AvgIpc) is 2.37. The van der Waals surface area contributed by atoms with Gasteiger partial charge in [-0.15, -0.1) is 12.8 Å². The number of terminal acetylenes is 1. The highest BCUT2D eigenvalue weighted by Gasteiger charge is 2.14. The van der Waals surface area contributed by atoms with Gasteiger partial charge < -0.3 is 5.11 Å². The molecule has 0 saturated heterocycles. The Labute approximate surface area is 103 Å². The van der Waals surface area contributed by atoms with E-state index in [0.29, 0.717) is 5.92 Å². The van der Waals surface area contributed by atoms with Crippen LogP contribution in [0, 0.1) is 18.8 Å². The van der Waals surface area contributed by atoms with E-state index in [1.165, 1.54) is 6.42 Å². The predicted octanol–water partition coefficient (Wildman–Crippen LogP) is 4.42. The highest BCUT2D eigenvalue weighted by atomic mass is 16.3. The summed E-state index contributed by atoms with van der Waals surface area (Å²) in [6.07, 6.45) is 16.1. The lowest BCUT2D eigenvalue weighted by atomic mass is 9.92. The zero-order valence-corrected chi connectivity index (χ0v) is 11.7. The highest BCUT2D eigenvalue weighted by molar-refractivity contribution is 4.82. The third kappa shape index (κ3) is 13.3. The minimum Gasteiger partial charge on any atom is -0.393 e. The van der Waals surface area contributed by atoms with Crippen LogP contribution in [-0.2, 0) is 0 Å². The Morgan fingerprint density at radius 2 is 1.69 bits per heavy atom. The number of rotatable bonds is 6. The topological polar surface area (TPSA) is 20.2 Å². The Hall–Kier alpha value is -0.740. The SMILES string of the molecule is C#C.C/C=C\C[C@H](O)C(CC)CCC.CC. The van der Waals surface area contributed by atoms with Crippen molar-refractivity contribution in [1.29, 1.82) is 0 Å². The first-order chi connectivity index (χ1) is 7.76. The van der Waals surface area contributed by atoms with Crippen LogP contribution in [0.4, 0.5) is 0 Å². The van der Waals surface area contributed by atoms with Crippen molar-refractivity contribution in [2.75, 3.05) is 0 Å². The molecule has 0 fully saturated rings. The molecular weight excluding hydrogens is 196 g/mol. The third-order valence-electron chi connectivity index (χ3n) is 2.34. The van der Waals surface area contributed by atoms with E-state index >= 15 is 0 Å². The molecule has 0 aliphatic carbocycles. The van der Waals surface area contributed by atoms with Gasteiger partial charge in [0.05, 0.1) is 6.10 Å². The molecule has 0 heterocycles. The lowest BCUT2D eigenvalue weighted by molar-refractivity contribution is 0.102. The molecule has 0 aromatic carbocycles. The molecule has 16 heavy (non-hydrogen) atoms. The summed E-state index contributed by atoms with van der Waals surface area (Å²) in [6, 6.07) is 0. The van der Waals surface area contributed by atoms with Gasteiger partial charge in [-0.3, -0.25) is 0 Å². The third-order valence-corrected chi connectivity index (χ3v) is 2.34. The number of allylic oxidation sites excluding steroid dienone is 1. The standard InChI is InChI=1S/C11H22O.C2H6.C2H2/c1-4-7-9-11(12)10(6-3)8-5-2;2*1-2/h4,7,10-12H,5-6,8-9H2,1-3H3;1-2H3;1-2H/b7-4-;;/t10?,11-;;/m0../s1. The predicted molar refractivity (Wildman–Crippen MR) is 75.4 cm³/mol. The Morgan fingerprint density at radius 3 is 2.00 bits per heavy atom. The molecule has 0 saturated carbocycles. The number of hydrogen-bond donors (Lipinski definition) is 1. The molecule has 0 rings (SSSR count). The van der Waals surface area contributed by atoms with E-state index < -0.39 is 0 Å². The molecule has 0 aliphatic rings. The lowest BCUT2D eigenvalue weighted by Gasteiger charge is -2.19. The van der Waals surface area contributed by atoms with E-state index in [-0.39, 0.29) is 6.10 Å². The fourth-order valence-corrected chi connectivity index (χ4v) is 1.51. The van der Waals surface area contributed by atoms with Gasteiger partial charge in [0.15, 0.2) is 0 Å². The molecule has 0 spiro atoms. The van der Waals surface area contributed by atoms with Crippen molar-refractivity contribution >= 4 is 0 Å². The Balaban J connectivity index is -0.000000376. The van der Waals surface area contributed by atoms with Gasteiger partial charge in [0.1, 0.15) is 0 Å². The summed E-state index contributed by atoms with van der Waals surface area (Å²) < 4.78 is 0. The second kappa shape index (κ2) is 19.8. The Kier molecular flexibility index (Phi) is 25.5. The molecule has 1 N–H and O–H groups in total. The van der Waals surface area contributed by atoms with Crippen molar-refractivity contribution in [3.63, 3.8) is 0 Å². The molecular formula is C15H30O. The minimum atomic E-state index is -0.133. The van der Waals surface area contributed by atoms with Gasteiger partial charge in [0, 0.05) is 0 Å². The summed E-state index contributed by atoms with van der Waals surface area (Å²) >= 11 is 0. The summed E-state index contributed by atoms with van der Waals surface area (Å²) in [4.78, 5) is 0. The van der Waals surface area contributed by atoms with E-state index in [9.17, 15) is 5.11 Å². The van der Waals surface area contributed by atoms with Crippen LogP contribution >= 0.6 is 0 Å². The van der Waals surface area contributed by atoms with Crippen LogP contribution in [0.3, 0.4) is 0 Å². The smallest absolute Gasteiger partial charge is 0.0602 e. The zero-order valence-electron chi connectivity index (χ0n) is 11.7. The van der Waals surface area contributed by atoms with E-state index in [1.54, 1.807) is 0 Å². The van der Waals surface area contributed by atoms with Crippen molar-refractivity contribution in [2.24, 2.45) is 5.92 Å². The molecule has 0 bridgehead atoms. The summed E-state index contributed by atoms with van der Waals surface area (Å²) in [5.74, 6) is 0.492. The molecule has 2 atom stereocenters. The van der Waals surface area contributed by atoms with Gasteiger partial charge in [0.25, 0.3) is 0 Å². The van der Waals surface area contributed by atoms with Crippen LogP contribution in [0.15, 0.2) is 12.2 Å². The average molecular weight is 226 g/mol. The van der Waals surface area contributed by atoms with Crippen molar-refractivity contribution < 1.29 is 5.11 Å². The quantitative estimate of drug-likeness (QED) is 0.525. The van der Waals surface area contributed by atoms with E-state index in [4.69, 9.17) is 0 Å². The molecule has 0 aromatic heterocycles. The molecule has 0 amide bonds. The normalized spacial score (nSPS) is 13.0. The van der Waals surface area contributed by atoms with Crippen molar-refractivity contribution in [2.45, 2.75) is 66.4 Å². The van der Waals surface area contributed by atoms with Crippen molar-refractivity contribution in [3.8, 4) is 12.8 Å². The summed E-state index contributed by atoms with van der Waals surface area (Å²) in [6.45, 7) is 10.3. The fourth-order valence-electron chi connectivity index (χ4n) is 1.51. The van der Waals surface area contributed by atoms with Crippen molar-refractivity contribution in [3.05, 3.63) is 12.2 Å². The number of aliphatic hydroxyl groups excluding tert-OH is 1. The van der Waals surface area contributed by atoms with E-state index in [1.807, 2.05) is 32.9 Å². The van der Waals surface area contributed by atoms with Crippen LogP contribution in [0.5, 0.6) is 0 Å². The zero-order chi connectivity index (χ0) is 13.4. The molecule has 0 radical (unpaired) electrons. The largest absolute Gasteiger partial charge is 0.393 e. The van der Waals surface area contributed by atoms with Gasteiger partial charge in [-0.2, -0.15) is 0 Å².